The standard InChI is InChI=1S/C19H19Cl2N3O2/c20-15-7-4-8-16(18(15)21)23-17(25)12-22-14-6-3-5-13(11-14)19(26)24-9-1-2-10-24/h3-8,11,22H,1-2,9-10,12H2,(H,23,25). The molecule has 2 aromatic carbocycles. The molecule has 5 nitrogen and oxygen atoms in total. The Morgan fingerprint density at radius 1 is 1.04 bits per heavy atom. The predicted octanol–water partition coefficient (Wildman–Crippen LogP) is 4.28. The summed E-state index contributed by atoms with van der Waals surface area (Å²) in [5, 5.41) is 6.42. The molecule has 0 aromatic heterocycles. The number of carbonyl (C=O) groups is 2. The summed E-state index contributed by atoms with van der Waals surface area (Å²) in [6, 6.07) is 12.2. The summed E-state index contributed by atoms with van der Waals surface area (Å²) < 4.78 is 0. The second-order valence-electron chi connectivity index (χ2n) is 6.08. The third-order valence-electron chi connectivity index (χ3n) is 4.18. The summed E-state index contributed by atoms with van der Waals surface area (Å²) in [7, 11) is 0. The van der Waals surface area contributed by atoms with Gasteiger partial charge in [0.05, 0.1) is 22.3 Å². The van der Waals surface area contributed by atoms with Crippen molar-refractivity contribution in [1.82, 2.24) is 4.90 Å². The predicted molar refractivity (Wildman–Crippen MR) is 105 cm³/mol. The lowest BCUT2D eigenvalue weighted by Crippen LogP contribution is -2.27. The molecule has 0 unspecified atom stereocenters. The Balaban J connectivity index is 1.59. The van der Waals surface area contributed by atoms with Gasteiger partial charge in [-0.3, -0.25) is 9.59 Å². The van der Waals surface area contributed by atoms with Gasteiger partial charge in [-0.1, -0.05) is 35.3 Å². The lowest BCUT2D eigenvalue weighted by molar-refractivity contribution is -0.114. The van der Waals surface area contributed by atoms with Crippen molar-refractivity contribution in [1.29, 1.82) is 0 Å². The van der Waals surface area contributed by atoms with Crippen LogP contribution in [-0.4, -0.2) is 36.3 Å². The van der Waals surface area contributed by atoms with Crippen LogP contribution in [0.5, 0.6) is 0 Å². The Hall–Kier alpha value is -2.24. The van der Waals surface area contributed by atoms with Gasteiger partial charge in [0, 0.05) is 24.3 Å². The van der Waals surface area contributed by atoms with Crippen LogP contribution in [0.2, 0.25) is 10.0 Å². The molecule has 2 aromatic rings. The normalized spacial score (nSPS) is 13.5. The van der Waals surface area contributed by atoms with E-state index >= 15 is 0 Å². The number of halogens is 2. The number of hydrogen-bond acceptors (Lipinski definition) is 3. The van der Waals surface area contributed by atoms with Gasteiger partial charge >= 0.3 is 0 Å². The maximum atomic E-state index is 12.4. The highest BCUT2D eigenvalue weighted by Crippen LogP contribution is 2.29. The highest BCUT2D eigenvalue weighted by Gasteiger charge is 2.19. The Bertz CT molecular complexity index is 820. The summed E-state index contributed by atoms with van der Waals surface area (Å²) >= 11 is 12.0. The lowest BCUT2D eigenvalue weighted by atomic mass is 10.1. The summed E-state index contributed by atoms with van der Waals surface area (Å²) in [6.07, 6.45) is 2.10. The van der Waals surface area contributed by atoms with E-state index in [-0.39, 0.29) is 18.4 Å². The van der Waals surface area contributed by atoms with Gasteiger partial charge in [-0.2, -0.15) is 0 Å². The van der Waals surface area contributed by atoms with Crippen LogP contribution in [-0.2, 0) is 4.79 Å². The minimum atomic E-state index is -0.259. The molecule has 3 rings (SSSR count). The molecule has 0 atom stereocenters. The number of likely N-dealkylation sites (tertiary alicyclic amines) is 1. The molecule has 0 spiro atoms. The topological polar surface area (TPSA) is 61.4 Å². The molecular formula is C19H19Cl2N3O2. The van der Waals surface area contributed by atoms with Crippen molar-refractivity contribution in [3.63, 3.8) is 0 Å². The molecule has 0 saturated carbocycles. The first-order valence-electron chi connectivity index (χ1n) is 8.41. The van der Waals surface area contributed by atoms with Gasteiger partial charge in [-0.05, 0) is 43.2 Å². The zero-order valence-electron chi connectivity index (χ0n) is 14.1. The largest absolute Gasteiger partial charge is 0.376 e. The number of nitrogens with one attached hydrogen (secondary N) is 2. The third kappa shape index (κ3) is 4.48. The molecule has 1 aliphatic rings. The van der Waals surface area contributed by atoms with Crippen molar-refractivity contribution in [2.75, 3.05) is 30.3 Å². The third-order valence-corrected chi connectivity index (χ3v) is 5.00. The first-order valence-corrected chi connectivity index (χ1v) is 9.17. The molecule has 2 amide bonds. The number of amides is 2. The molecule has 1 fully saturated rings. The highest BCUT2D eigenvalue weighted by atomic mass is 35.5. The average molecular weight is 392 g/mol. The van der Waals surface area contributed by atoms with Crippen LogP contribution in [0.3, 0.4) is 0 Å². The number of nitrogens with zero attached hydrogens (tertiary/aromatic N) is 1. The molecule has 1 heterocycles. The summed E-state index contributed by atoms with van der Waals surface area (Å²) in [5.74, 6) is -0.230. The van der Waals surface area contributed by atoms with Crippen molar-refractivity contribution < 1.29 is 9.59 Å². The Kier molecular flexibility index (Phi) is 6.01. The molecule has 1 saturated heterocycles. The van der Waals surface area contributed by atoms with E-state index < -0.39 is 0 Å². The van der Waals surface area contributed by atoms with Crippen LogP contribution in [0, 0.1) is 0 Å². The van der Waals surface area contributed by atoms with Gasteiger partial charge in [0.15, 0.2) is 0 Å². The minimum Gasteiger partial charge on any atom is -0.376 e. The zero-order valence-corrected chi connectivity index (χ0v) is 15.6. The van der Waals surface area contributed by atoms with E-state index in [2.05, 4.69) is 10.6 Å². The van der Waals surface area contributed by atoms with Crippen molar-refractivity contribution in [2.45, 2.75) is 12.8 Å². The van der Waals surface area contributed by atoms with Crippen LogP contribution >= 0.6 is 23.2 Å². The molecule has 0 aliphatic carbocycles. The van der Waals surface area contributed by atoms with Crippen LogP contribution < -0.4 is 10.6 Å². The first kappa shape index (κ1) is 18.5. The number of anilines is 2. The number of carbonyl (C=O) groups excluding carboxylic acids is 2. The maximum absolute atomic E-state index is 12.4. The average Bonchev–Trinajstić information content (AvgIpc) is 3.18. The minimum absolute atomic E-state index is 0.0290. The van der Waals surface area contributed by atoms with E-state index in [0.717, 1.165) is 25.9 Å². The first-order chi connectivity index (χ1) is 12.5. The van der Waals surface area contributed by atoms with E-state index in [4.69, 9.17) is 23.2 Å². The van der Waals surface area contributed by atoms with Gasteiger partial charge < -0.3 is 15.5 Å². The fourth-order valence-electron chi connectivity index (χ4n) is 2.84. The van der Waals surface area contributed by atoms with Crippen LogP contribution in [0.1, 0.15) is 23.2 Å². The van der Waals surface area contributed by atoms with Crippen molar-refractivity contribution in [3.05, 3.63) is 58.1 Å². The van der Waals surface area contributed by atoms with E-state index in [9.17, 15) is 9.59 Å². The Morgan fingerprint density at radius 3 is 2.54 bits per heavy atom. The Labute approximate surface area is 162 Å². The zero-order chi connectivity index (χ0) is 18.5. The van der Waals surface area contributed by atoms with Crippen LogP contribution in [0.4, 0.5) is 11.4 Å². The van der Waals surface area contributed by atoms with E-state index in [0.29, 0.717) is 27.0 Å². The van der Waals surface area contributed by atoms with Gasteiger partial charge in [-0.25, -0.2) is 0 Å². The smallest absolute Gasteiger partial charge is 0.253 e. The van der Waals surface area contributed by atoms with Gasteiger partial charge in [-0.15, -0.1) is 0 Å². The van der Waals surface area contributed by atoms with E-state index in [1.165, 1.54) is 0 Å². The van der Waals surface area contributed by atoms with Crippen molar-refractivity contribution in [3.8, 4) is 0 Å². The molecule has 0 radical (unpaired) electrons. The quantitative estimate of drug-likeness (QED) is 0.799. The summed E-state index contributed by atoms with van der Waals surface area (Å²) in [5.41, 5.74) is 1.79. The van der Waals surface area contributed by atoms with Crippen LogP contribution in [0.15, 0.2) is 42.5 Å². The highest BCUT2D eigenvalue weighted by molar-refractivity contribution is 6.44. The molecule has 2 N–H and O–H groups in total. The van der Waals surface area contributed by atoms with Gasteiger partial charge in [0.2, 0.25) is 5.91 Å². The molecule has 136 valence electrons. The van der Waals surface area contributed by atoms with Crippen molar-refractivity contribution >= 4 is 46.4 Å². The van der Waals surface area contributed by atoms with E-state index in [1.807, 2.05) is 11.0 Å². The monoisotopic (exact) mass is 391 g/mol. The van der Waals surface area contributed by atoms with Gasteiger partial charge in [0.25, 0.3) is 5.91 Å². The summed E-state index contributed by atoms with van der Waals surface area (Å²) in [6.45, 7) is 1.66. The SMILES string of the molecule is O=C(CNc1cccc(C(=O)N2CCCC2)c1)Nc1cccc(Cl)c1Cl. The number of rotatable bonds is 5. The second kappa shape index (κ2) is 8.43. The molecule has 1 aliphatic heterocycles. The lowest BCUT2D eigenvalue weighted by Gasteiger charge is -2.16. The maximum Gasteiger partial charge on any atom is 0.253 e. The second-order valence-corrected chi connectivity index (χ2v) is 6.87. The molecule has 0 bridgehead atoms. The summed E-state index contributed by atoms with van der Waals surface area (Å²) in [4.78, 5) is 26.4. The van der Waals surface area contributed by atoms with Crippen LogP contribution in [0.25, 0.3) is 0 Å². The molecule has 26 heavy (non-hydrogen) atoms. The molecular weight excluding hydrogens is 373 g/mol. The fourth-order valence-corrected chi connectivity index (χ4v) is 3.19. The van der Waals surface area contributed by atoms with Crippen molar-refractivity contribution in [2.24, 2.45) is 0 Å². The van der Waals surface area contributed by atoms with E-state index in [1.54, 1.807) is 36.4 Å². The number of hydrogen-bond donors (Lipinski definition) is 2. The molecule has 7 heteroatoms. The van der Waals surface area contributed by atoms with Gasteiger partial charge in [0.1, 0.15) is 0 Å². The number of benzene rings is 2. The fraction of sp³-hybridized carbons (Fsp3) is 0.263. The Morgan fingerprint density at radius 2 is 1.77 bits per heavy atom.